The standard InChI is InChI=1S/C9H10N2S2/c1-6-2-7(5-12-6)9-11-4-8(3-10)13-9/h2,4-5H,3,10H2,1H3. The van der Waals surface area contributed by atoms with E-state index in [9.17, 15) is 0 Å². The van der Waals surface area contributed by atoms with Gasteiger partial charge in [-0.05, 0) is 13.0 Å². The Hall–Kier alpha value is -0.710. The van der Waals surface area contributed by atoms with Gasteiger partial charge in [-0.15, -0.1) is 22.7 Å². The average molecular weight is 210 g/mol. The van der Waals surface area contributed by atoms with Crippen LogP contribution in [0.1, 0.15) is 9.75 Å². The van der Waals surface area contributed by atoms with Gasteiger partial charge in [0.2, 0.25) is 0 Å². The summed E-state index contributed by atoms with van der Waals surface area (Å²) in [6.45, 7) is 2.69. The van der Waals surface area contributed by atoms with Crippen molar-refractivity contribution in [2.75, 3.05) is 0 Å². The molecule has 4 heteroatoms. The van der Waals surface area contributed by atoms with Gasteiger partial charge in [-0.25, -0.2) is 4.98 Å². The van der Waals surface area contributed by atoms with Crippen molar-refractivity contribution in [3.05, 3.63) is 27.4 Å². The minimum absolute atomic E-state index is 0.584. The summed E-state index contributed by atoms with van der Waals surface area (Å²) in [4.78, 5) is 6.77. The number of thiophene rings is 1. The third-order valence-electron chi connectivity index (χ3n) is 1.73. The van der Waals surface area contributed by atoms with E-state index in [1.54, 1.807) is 22.7 Å². The molecule has 0 unspecified atom stereocenters. The number of nitrogens with two attached hydrogens (primary N) is 1. The van der Waals surface area contributed by atoms with Gasteiger partial charge in [-0.3, -0.25) is 0 Å². The number of thiazole rings is 1. The van der Waals surface area contributed by atoms with Crippen LogP contribution in [-0.4, -0.2) is 4.98 Å². The van der Waals surface area contributed by atoms with Crippen LogP contribution in [0.4, 0.5) is 0 Å². The van der Waals surface area contributed by atoms with Crippen molar-refractivity contribution in [2.45, 2.75) is 13.5 Å². The number of rotatable bonds is 2. The predicted octanol–water partition coefficient (Wildman–Crippen LogP) is 2.64. The molecular weight excluding hydrogens is 200 g/mol. The van der Waals surface area contributed by atoms with Crippen molar-refractivity contribution < 1.29 is 0 Å². The van der Waals surface area contributed by atoms with Crippen molar-refractivity contribution in [3.63, 3.8) is 0 Å². The minimum atomic E-state index is 0.584. The zero-order valence-corrected chi connectivity index (χ0v) is 8.91. The first-order valence-corrected chi connectivity index (χ1v) is 5.69. The van der Waals surface area contributed by atoms with Crippen molar-refractivity contribution >= 4 is 22.7 Å². The quantitative estimate of drug-likeness (QED) is 0.827. The number of nitrogens with zero attached hydrogens (tertiary/aromatic N) is 1. The molecule has 2 nitrogen and oxygen atoms in total. The first kappa shape index (κ1) is 8.87. The molecule has 0 amide bonds. The smallest absolute Gasteiger partial charge is 0.124 e. The fraction of sp³-hybridized carbons (Fsp3) is 0.222. The van der Waals surface area contributed by atoms with Crippen molar-refractivity contribution in [3.8, 4) is 10.6 Å². The molecule has 0 radical (unpaired) electrons. The van der Waals surface area contributed by atoms with Gasteiger partial charge in [0, 0.05) is 33.4 Å². The summed E-state index contributed by atoms with van der Waals surface area (Å²) in [6.07, 6.45) is 1.85. The highest BCUT2D eigenvalue weighted by molar-refractivity contribution is 7.15. The molecule has 68 valence electrons. The van der Waals surface area contributed by atoms with Gasteiger partial charge in [-0.2, -0.15) is 0 Å². The van der Waals surface area contributed by atoms with Gasteiger partial charge >= 0.3 is 0 Å². The molecule has 13 heavy (non-hydrogen) atoms. The minimum Gasteiger partial charge on any atom is -0.326 e. The molecule has 0 bridgehead atoms. The highest BCUT2D eigenvalue weighted by Gasteiger charge is 2.04. The van der Waals surface area contributed by atoms with E-state index in [2.05, 4.69) is 23.4 Å². The lowest BCUT2D eigenvalue weighted by Crippen LogP contribution is -1.91. The summed E-state index contributed by atoms with van der Waals surface area (Å²) in [6, 6.07) is 2.16. The largest absolute Gasteiger partial charge is 0.326 e. The van der Waals surface area contributed by atoms with Crippen LogP contribution in [0.15, 0.2) is 17.6 Å². The van der Waals surface area contributed by atoms with E-state index in [1.165, 1.54) is 10.4 Å². The van der Waals surface area contributed by atoms with E-state index >= 15 is 0 Å². The molecule has 2 N–H and O–H groups in total. The van der Waals surface area contributed by atoms with E-state index in [0.717, 1.165) is 9.88 Å². The van der Waals surface area contributed by atoms with E-state index in [4.69, 9.17) is 5.73 Å². The van der Waals surface area contributed by atoms with Crippen LogP contribution in [0.25, 0.3) is 10.6 Å². The van der Waals surface area contributed by atoms with E-state index < -0.39 is 0 Å². The highest BCUT2D eigenvalue weighted by Crippen LogP contribution is 2.28. The molecule has 0 aromatic carbocycles. The Kier molecular flexibility index (Phi) is 2.44. The van der Waals surface area contributed by atoms with Crippen LogP contribution in [0.3, 0.4) is 0 Å². The second-order valence-electron chi connectivity index (χ2n) is 2.78. The molecule has 2 heterocycles. The lowest BCUT2D eigenvalue weighted by molar-refractivity contribution is 1.10. The third kappa shape index (κ3) is 1.80. The number of hydrogen-bond acceptors (Lipinski definition) is 4. The van der Waals surface area contributed by atoms with Crippen LogP contribution >= 0.6 is 22.7 Å². The van der Waals surface area contributed by atoms with Gasteiger partial charge in [-0.1, -0.05) is 0 Å². The summed E-state index contributed by atoms with van der Waals surface area (Å²) in [5, 5.41) is 3.21. The monoisotopic (exact) mass is 210 g/mol. The Bertz CT molecular complexity index is 403. The van der Waals surface area contributed by atoms with Crippen molar-refractivity contribution in [2.24, 2.45) is 5.73 Å². The topological polar surface area (TPSA) is 38.9 Å². The van der Waals surface area contributed by atoms with Gasteiger partial charge in [0.1, 0.15) is 5.01 Å². The number of hydrogen-bond donors (Lipinski definition) is 1. The molecule has 2 aromatic heterocycles. The fourth-order valence-electron chi connectivity index (χ4n) is 1.09. The summed E-state index contributed by atoms with van der Waals surface area (Å²) >= 11 is 3.42. The maximum Gasteiger partial charge on any atom is 0.124 e. The molecule has 2 rings (SSSR count). The van der Waals surface area contributed by atoms with Gasteiger partial charge in [0.25, 0.3) is 0 Å². The highest BCUT2D eigenvalue weighted by atomic mass is 32.1. The maximum absolute atomic E-state index is 5.52. The number of aryl methyl sites for hydroxylation is 1. The van der Waals surface area contributed by atoms with Crippen molar-refractivity contribution in [1.82, 2.24) is 4.98 Å². The second kappa shape index (κ2) is 3.57. The molecule has 0 spiro atoms. The summed E-state index contributed by atoms with van der Waals surface area (Å²) in [5.74, 6) is 0. The van der Waals surface area contributed by atoms with Crippen molar-refractivity contribution in [1.29, 1.82) is 0 Å². The first-order valence-electron chi connectivity index (χ1n) is 4.00. The van der Waals surface area contributed by atoms with Crippen LogP contribution < -0.4 is 5.73 Å². The van der Waals surface area contributed by atoms with E-state index in [1.807, 2.05) is 6.20 Å². The molecule has 0 aliphatic rings. The van der Waals surface area contributed by atoms with E-state index in [-0.39, 0.29) is 0 Å². The van der Waals surface area contributed by atoms with Gasteiger partial charge in [0.15, 0.2) is 0 Å². The average Bonchev–Trinajstić information content (AvgIpc) is 2.71. The normalized spacial score (nSPS) is 10.6. The lowest BCUT2D eigenvalue weighted by Gasteiger charge is -1.86. The molecule has 0 aliphatic carbocycles. The zero-order valence-electron chi connectivity index (χ0n) is 7.28. The van der Waals surface area contributed by atoms with Crippen LogP contribution in [0, 0.1) is 6.92 Å². The van der Waals surface area contributed by atoms with Crippen LogP contribution in [-0.2, 0) is 6.54 Å². The molecule has 0 fully saturated rings. The first-order chi connectivity index (χ1) is 6.29. The Morgan fingerprint density at radius 1 is 1.54 bits per heavy atom. The molecule has 0 saturated carbocycles. The van der Waals surface area contributed by atoms with Crippen LogP contribution in [0.5, 0.6) is 0 Å². The molecule has 0 aliphatic heterocycles. The summed E-state index contributed by atoms with van der Waals surface area (Å²) < 4.78 is 0. The Balaban J connectivity index is 2.35. The molecule has 0 saturated heterocycles. The maximum atomic E-state index is 5.52. The Morgan fingerprint density at radius 3 is 2.92 bits per heavy atom. The SMILES string of the molecule is Cc1cc(-c2ncc(CN)s2)cs1. The third-order valence-corrected chi connectivity index (χ3v) is 3.66. The van der Waals surface area contributed by atoms with Crippen LogP contribution in [0.2, 0.25) is 0 Å². The molecule has 0 atom stereocenters. The second-order valence-corrected chi connectivity index (χ2v) is 5.01. The lowest BCUT2D eigenvalue weighted by atomic mass is 10.3. The fourth-order valence-corrected chi connectivity index (χ4v) is 2.63. The Labute approximate surface area is 85.1 Å². The summed E-state index contributed by atoms with van der Waals surface area (Å²) in [5.41, 5.74) is 6.73. The number of aromatic nitrogens is 1. The predicted molar refractivity (Wildman–Crippen MR) is 58.1 cm³/mol. The van der Waals surface area contributed by atoms with E-state index in [0.29, 0.717) is 6.54 Å². The zero-order chi connectivity index (χ0) is 9.26. The van der Waals surface area contributed by atoms with Gasteiger partial charge < -0.3 is 5.73 Å². The summed E-state index contributed by atoms with van der Waals surface area (Å²) in [7, 11) is 0. The molecule has 2 aromatic rings. The Morgan fingerprint density at radius 2 is 2.38 bits per heavy atom. The van der Waals surface area contributed by atoms with Gasteiger partial charge in [0.05, 0.1) is 0 Å². The molecular formula is C9H10N2S2.